The van der Waals surface area contributed by atoms with Gasteiger partial charge in [0, 0.05) is 19.5 Å². The van der Waals surface area contributed by atoms with Crippen LogP contribution in [-0.4, -0.2) is 21.8 Å². The van der Waals surface area contributed by atoms with Gasteiger partial charge in [-0.15, -0.1) is 10.2 Å². The van der Waals surface area contributed by atoms with Crippen molar-refractivity contribution in [3.63, 3.8) is 0 Å². The summed E-state index contributed by atoms with van der Waals surface area (Å²) in [6.07, 6.45) is 1.06. The molecule has 0 saturated heterocycles. The third kappa shape index (κ3) is 1.66. The van der Waals surface area contributed by atoms with Crippen LogP contribution in [0.3, 0.4) is 0 Å². The molecule has 13 heavy (non-hydrogen) atoms. The molecule has 0 atom stereocenters. The maximum Gasteiger partial charge on any atom is 0.224 e. The van der Waals surface area contributed by atoms with E-state index >= 15 is 0 Å². The van der Waals surface area contributed by atoms with Crippen LogP contribution < -0.4 is 5.32 Å². The second-order valence-corrected chi connectivity index (χ2v) is 3.89. The zero-order valence-electron chi connectivity index (χ0n) is 9.05. The summed E-state index contributed by atoms with van der Waals surface area (Å²) in [5.74, 6) is 1.84. The first-order valence-corrected chi connectivity index (χ1v) is 4.60. The summed E-state index contributed by atoms with van der Waals surface area (Å²) in [4.78, 5) is 0. The van der Waals surface area contributed by atoms with Gasteiger partial charge in [-0.2, -0.15) is 0 Å². The fourth-order valence-electron chi connectivity index (χ4n) is 1.29. The molecule has 0 unspecified atom stereocenters. The molecule has 0 amide bonds. The van der Waals surface area contributed by atoms with Crippen LogP contribution in [0, 0.1) is 0 Å². The Labute approximate surface area is 79.4 Å². The zero-order chi connectivity index (χ0) is 10.1. The number of hydrogen-bond acceptors (Lipinski definition) is 3. The van der Waals surface area contributed by atoms with E-state index in [-0.39, 0.29) is 5.41 Å². The van der Waals surface area contributed by atoms with Crippen molar-refractivity contribution >= 4 is 5.95 Å². The van der Waals surface area contributed by atoms with Gasteiger partial charge in [0.2, 0.25) is 5.95 Å². The summed E-state index contributed by atoms with van der Waals surface area (Å²) in [5.41, 5.74) is 0.0941. The van der Waals surface area contributed by atoms with Gasteiger partial charge in [-0.05, 0) is 6.42 Å². The Morgan fingerprint density at radius 2 is 2.00 bits per heavy atom. The van der Waals surface area contributed by atoms with Crippen LogP contribution in [0.25, 0.3) is 0 Å². The highest BCUT2D eigenvalue weighted by atomic mass is 15.3. The standard InChI is InChI=1S/C9H18N4/c1-6-9(2,3)7-11-12-8(10-4)13(7)5/h6H2,1-5H3,(H,10,12). The van der Waals surface area contributed by atoms with Crippen LogP contribution in [0.2, 0.25) is 0 Å². The molecule has 1 heterocycles. The lowest BCUT2D eigenvalue weighted by Crippen LogP contribution is -2.21. The van der Waals surface area contributed by atoms with Crippen molar-refractivity contribution in [2.45, 2.75) is 32.6 Å². The molecule has 0 aliphatic carbocycles. The first-order chi connectivity index (χ1) is 6.03. The molecule has 0 aromatic carbocycles. The highest BCUT2D eigenvalue weighted by Gasteiger charge is 2.24. The Morgan fingerprint density at radius 1 is 1.38 bits per heavy atom. The van der Waals surface area contributed by atoms with E-state index in [0.29, 0.717) is 0 Å². The second kappa shape index (κ2) is 3.36. The molecule has 4 nitrogen and oxygen atoms in total. The predicted molar refractivity (Wildman–Crippen MR) is 53.9 cm³/mol. The molecule has 0 aliphatic rings. The van der Waals surface area contributed by atoms with Gasteiger partial charge in [0.05, 0.1) is 0 Å². The average Bonchev–Trinajstić information content (AvgIpc) is 2.47. The van der Waals surface area contributed by atoms with Crippen molar-refractivity contribution in [1.29, 1.82) is 0 Å². The second-order valence-electron chi connectivity index (χ2n) is 3.89. The van der Waals surface area contributed by atoms with Crippen molar-refractivity contribution in [2.75, 3.05) is 12.4 Å². The van der Waals surface area contributed by atoms with Gasteiger partial charge in [-0.3, -0.25) is 0 Å². The molecule has 74 valence electrons. The summed E-state index contributed by atoms with van der Waals surface area (Å²) >= 11 is 0. The summed E-state index contributed by atoms with van der Waals surface area (Å²) < 4.78 is 2.00. The van der Waals surface area contributed by atoms with E-state index in [4.69, 9.17) is 0 Å². The summed E-state index contributed by atoms with van der Waals surface area (Å²) in [6.45, 7) is 6.51. The summed E-state index contributed by atoms with van der Waals surface area (Å²) in [5, 5.41) is 11.2. The molecule has 1 aromatic heterocycles. The molecule has 1 aromatic rings. The van der Waals surface area contributed by atoms with Gasteiger partial charge < -0.3 is 9.88 Å². The van der Waals surface area contributed by atoms with Gasteiger partial charge in [-0.25, -0.2) is 0 Å². The first kappa shape index (κ1) is 10.0. The fraction of sp³-hybridized carbons (Fsp3) is 0.778. The fourth-order valence-corrected chi connectivity index (χ4v) is 1.29. The van der Waals surface area contributed by atoms with Crippen LogP contribution in [0.1, 0.15) is 33.0 Å². The van der Waals surface area contributed by atoms with Crippen LogP contribution in [0.4, 0.5) is 5.95 Å². The lowest BCUT2D eigenvalue weighted by molar-refractivity contribution is 0.456. The lowest BCUT2D eigenvalue weighted by Gasteiger charge is -2.21. The minimum absolute atomic E-state index is 0.0941. The van der Waals surface area contributed by atoms with Gasteiger partial charge in [0.15, 0.2) is 0 Å². The van der Waals surface area contributed by atoms with Crippen molar-refractivity contribution in [2.24, 2.45) is 7.05 Å². The molecule has 0 radical (unpaired) electrons. The number of nitrogens with one attached hydrogen (secondary N) is 1. The Bertz CT molecular complexity index is 288. The average molecular weight is 182 g/mol. The molecular formula is C9H18N4. The van der Waals surface area contributed by atoms with Crippen LogP contribution >= 0.6 is 0 Å². The lowest BCUT2D eigenvalue weighted by atomic mass is 9.89. The van der Waals surface area contributed by atoms with E-state index in [0.717, 1.165) is 18.2 Å². The quantitative estimate of drug-likeness (QED) is 0.771. The van der Waals surface area contributed by atoms with Crippen molar-refractivity contribution in [3.05, 3.63) is 5.82 Å². The maximum atomic E-state index is 4.18. The highest BCUT2D eigenvalue weighted by Crippen LogP contribution is 2.25. The van der Waals surface area contributed by atoms with E-state index in [1.165, 1.54) is 0 Å². The number of rotatable bonds is 3. The minimum atomic E-state index is 0.0941. The predicted octanol–water partition coefficient (Wildman–Crippen LogP) is 1.54. The van der Waals surface area contributed by atoms with E-state index in [1.807, 2.05) is 18.7 Å². The SMILES string of the molecule is CCC(C)(C)c1nnc(NC)n1C. The molecule has 0 bridgehead atoms. The van der Waals surface area contributed by atoms with E-state index in [2.05, 4.69) is 36.3 Å². The molecule has 0 spiro atoms. The van der Waals surface area contributed by atoms with Gasteiger partial charge >= 0.3 is 0 Å². The molecule has 1 rings (SSSR count). The summed E-state index contributed by atoms with van der Waals surface area (Å²) in [6, 6.07) is 0. The smallest absolute Gasteiger partial charge is 0.224 e. The number of aromatic nitrogens is 3. The van der Waals surface area contributed by atoms with Gasteiger partial charge in [-0.1, -0.05) is 20.8 Å². The minimum Gasteiger partial charge on any atom is -0.357 e. The summed E-state index contributed by atoms with van der Waals surface area (Å²) in [7, 11) is 3.84. The third-order valence-corrected chi connectivity index (χ3v) is 2.59. The van der Waals surface area contributed by atoms with Gasteiger partial charge in [0.1, 0.15) is 5.82 Å². The monoisotopic (exact) mass is 182 g/mol. The largest absolute Gasteiger partial charge is 0.357 e. The van der Waals surface area contributed by atoms with Crippen LogP contribution in [0.5, 0.6) is 0 Å². The van der Waals surface area contributed by atoms with Crippen LogP contribution in [-0.2, 0) is 12.5 Å². The first-order valence-electron chi connectivity index (χ1n) is 4.60. The molecule has 0 saturated carbocycles. The van der Waals surface area contributed by atoms with Crippen molar-refractivity contribution in [3.8, 4) is 0 Å². The Morgan fingerprint density at radius 3 is 2.38 bits per heavy atom. The van der Waals surface area contributed by atoms with E-state index in [9.17, 15) is 0 Å². The number of nitrogens with zero attached hydrogens (tertiary/aromatic N) is 3. The maximum absolute atomic E-state index is 4.18. The molecule has 0 fully saturated rings. The van der Waals surface area contributed by atoms with Gasteiger partial charge in [0.25, 0.3) is 0 Å². The molecule has 4 heteroatoms. The number of hydrogen-bond donors (Lipinski definition) is 1. The Balaban J connectivity index is 3.09. The highest BCUT2D eigenvalue weighted by molar-refractivity contribution is 5.26. The normalized spacial score (nSPS) is 11.8. The third-order valence-electron chi connectivity index (χ3n) is 2.59. The molecular weight excluding hydrogens is 164 g/mol. The molecule has 0 aliphatic heterocycles. The Kier molecular flexibility index (Phi) is 2.59. The Hall–Kier alpha value is -1.06. The van der Waals surface area contributed by atoms with Crippen molar-refractivity contribution in [1.82, 2.24) is 14.8 Å². The van der Waals surface area contributed by atoms with E-state index < -0.39 is 0 Å². The van der Waals surface area contributed by atoms with Crippen molar-refractivity contribution < 1.29 is 0 Å². The van der Waals surface area contributed by atoms with Crippen LogP contribution in [0.15, 0.2) is 0 Å². The number of anilines is 1. The topological polar surface area (TPSA) is 42.7 Å². The molecule has 1 N–H and O–H groups in total. The zero-order valence-corrected chi connectivity index (χ0v) is 9.05. The van der Waals surface area contributed by atoms with E-state index in [1.54, 1.807) is 0 Å².